The minimum Gasteiger partial charge on any atom is -0.397 e. The van der Waals surface area contributed by atoms with Crippen LogP contribution >= 0.6 is 11.3 Å². The number of thiophene rings is 1. The largest absolute Gasteiger partial charge is 0.397 e. The average Bonchev–Trinajstić information content (AvgIpc) is 2.71. The van der Waals surface area contributed by atoms with E-state index in [1.165, 1.54) is 11.3 Å². The molecule has 0 saturated carbocycles. The lowest BCUT2D eigenvalue weighted by Crippen LogP contribution is -2.23. The van der Waals surface area contributed by atoms with Gasteiger partial charge in [0.1, 0.15) is 9.71 Å². The first kappa shape index (κ1) is 13.5. The molecule has 0 aliphatic heterocycles. The number of hydrogen-bond acceptors (Lipinski definition) is 4. The van der Waals surface area contributed by atoms with Crippen molar-refractivity contribution in [1.82, 2.24) is 10.3 Å². The number of rotatable bonds is 4. The molecule has 5 heteroatoms. The van der Waals surface area contributed by atoms with Gasteiger partial charge >= 0.3 is 0 Å². The SMILES string of the molecule is C/C=C/CCNC(=O)c1sc2nc(C)ccc2c1N. The summed E-state index contributed by atoms with van der Waals surface area (Å²) in [4.78, 5) is 17.8. The first-order valence-corrected chi connectivity index (χ1v) is 7.00. The van der Waals surface area contributed by atoms with Gasteiger partial charge in [-0.05, 0) is 32.4 Å². The topological polar surface area (TPSA) is 68.0 Å². The van der Waals surface area contributed by atoms with Gasteiger partial charge in [0, 0.05) is 17.6 Å². The van der Waals surface area contributed by atoms with Gasteiger partial charge in [-0.1, -0.05) is 12.2 Å². The number of aryl methyl sites for hydroxylation is 1. The highest BCUT2D eigenvalue weighted by Crippen LogP contribution is 2.32. The summed E-state index contributed by atoms with van der Waals surface area (Å²) < 4.78 is 0. The highest BCUT2D eigenvalue weighted by atomic mass is 32.1. The van der Waals surface area contributed by atoms with Gasteiger partial charge in [-0.2, -0.15) is 0 Å². The number of allylic oxidation sites excluding steroid dienone is 1. The lowest BCUT2D eigenvalue weighted by atomic mass is 10.2. The van der Waals surface area contributed by atoms with E-state index in [1.807, 2.05) is 38.1 Å². The number of aromatic nitrogens is 1. The molecular weight excluding hydrogens is 258 g/mol. The Morgan fingerprint density at radius 3 is 3.05 bits per heavy atom. The summed E-state index contributed by atoms with van der Waals surface area (Å²) in [6.07, 6.45) is 4.80. The fraction of sp³-hybridized carbons (Fsp3) is 0.286. The summed E-state index contributed by atoms with van der Waals surface area (Å²) in [5.41, 5.74) is 7.46. The van der Waals surface area contributed by atoms with Crippen molar-refractivity contribution in [2.24, 2.45) is 0 Å². The molecule has 0 unspecified atom stereocenters. The van der Waals surface area contributed by atoms with Crippen molar-refractivity contribution in [1.29, 1.82) is 0 Å². The third-order valence-electron chi connectivity index (χ3n) is 2.77. The maximum absolute atomic E-state index is 12.1. The second-order valence-electron chi connectivity index (χ2n) is 4.26. The second-order valence-corrected chi connectivity index (χ2v) is 5.26. The van der Waals surface area contributed by atoms with E-state index in [2.05, 4.69) is 10.3 Å². The zero-order valence-electron chi connectivity index (χ0n) is 11.1. The summed E-state index contributed by atoms with van der Waals surface area (Å²) >= 11 is 1.34. The predicted molar refractivity (Wildman–Crippen MR) is 80.5 cm³/mol. The first-order chi connectivity index (χ1) is 9.13. The van der Waals surface area contributed by atoms with Crippen molar-refractivity contribution < 1.29 is 4.79 Å². The molecule has 0 radical (unpaired) electrons. The summed E-state index contributed by atoms with van der Waals surface area (Å²) in [6, 6.07) is 3.82. The van der Waals surface area contributed by atoms with Gasteiger partial charge in [-0.25, -0.2) is 4.98 Å². The molecule has 2 aromatic rings. The number of fused-ring (bicyclic) bond motifs is 1. The molecule has 3 N–H and O–H groups in total. The molecule has 2 rings (SSSR count). The Morgan fingerprint density at radius 1 is 1.53 bits per heavy atom. The number of nitrogens with zero attached hydrogens (tertiary/aromatic N) is 1. The summed E-state index contributed by atoms with van der Waals surface area (Å²) in [7, 11) is 0. The number of amides is 1. The van der Waals surface area contributed by atoms with Crippen LogP contribution in [0.25, 0.3) is 10.2 Å². The highest BCUT2D eigenvalue weighted by Gasteiger charge is 2.16. The van der Waals surface area contributed by atoms with E-state index in [0.29, 0.717) is 17.1 Å². The van der Waals surface area contributed by atoms with Crippen molar-refractivity contribution in [3.05, 3.63) is 34.9 Å². The molecule has 0 aliphatic carbocycles. The van der Waals surface area contributed by atoms with Crippen LogP contribution in [0.2, 0.25) is 0 Å². The molecule has 0 bridgehead atoms. The Morgan fingerprint density at radius 2 is 2.32 bits per heavy atom. The van der Waals surface area contributed by atoms with E-state index in [9.17, 15) is 4.79 Å². The van der Waals surface area contributed by atoms with Gasteiger partial charge in [0.15, 0.2) is 0 Å². The Hall–Kier alpha value is -1.88. The number of nitrogens with two attached hydrogens (primary N) is 1. The van der Waals surface area contributed by atoms with Gasteiger partial charge in [0.2, 0.25) is 0 Å². The van der Waals surface area contributed by atoms with E-state index in [0.717, 1.165) is 22.3 Å². The van der Waals surface area contributed by atoms with Crippen LogP contribution in [0.15, 0.2) is 24.3 Å². The summed E-state index contributed by atoms with van der Waals surface area (Å²) in [6.45, 7) is 4.50. The Balaban J connectivity index is 2.20. The van der Waals surface area contributed by atoms with Crippen molar-refractivity contribution >= 4 is 33.1 Å². The number of carbonyl (C=O) groups excluding carboxylic acids is 1. The van der Waals surface area contributed by atoms with Crippen molar-refractivity contribution in [2.45, 2.75) is 20.3 Å². The normalized spacial score (nSPS) is 11.3. The maximum Gasteiger partial charge on any atom is 0.263 e. The van der Waals surface area contributed by atoms with Crippen LogP contribution < -0.4 is 11.1 Å². The molecule has 0 fully saturated rings. The van der Waals surface area contributed by atoms with Gasteiger partial charge in [-0.3, -0.25) is 4.79 Å². The minimum absolute atomic E-state index is 0.123. The van der Waals surface area contributed by atoms with E-state index in [4.69, 9.17) is 5.73 Å². The van der Waals surface area contributed by atoms with Crippen molar-refractivity contribution in [3.8, 4) is 0 Å². The van der Waals surface area contributed by atoms with Crippen LogP contribution in [0, 0.1) is 6.92 Å². The number of carbonyl (C=O) groups is 1. The van der Waals surface area contributed by atoms with Crippen molar-refractivity contribution in [3.63, 3.8) is 0 Å². The fourth-order valence-corrected chi connectivity index (χ4v) is 2.83. The minimum atomic E-state index is -0.123. The third-order valence-corrected chi connectivity index (χ3v) is 3.89. The smallest absolute Gasteiger partial charge is 0.263 e. The molecule has 0 aromatic carbocycles. The van der Waals surface area contributed by atoms with Crippen LogP contribution in [-0.4, -0.2) is 17.4 Å². The van der Waals surface area contributed by atoms with E-state index in [-0.39, 0.29) is 5.91 Å². The molecule has 1 amide bonds. The van der Waals surface area contributed by atoms with Crippen molar-refractivity contribution in [2.75, 3.05) is 12.3 Å². The average molecular weight is 275 g/mol. The van der Waals surface area contributed by atoms with E-state index < -0.39 is 0 Å². The maximum atomic E-state index is 12.1. The fourth-order valence-electron chi connectivity index (χ4n) is 1.77. The molecule has 0 saturated heterocycles. The zero-order chi connectivity index (χ0) is 13.8. The standard InChI is InChI=1S/C14H17N3OS/c1-3-4-5-8-16-13(18)12-11(15)10-7-6-9(2)17-14(10)19-12/h3-4,6-7H,5,8,15H2,1-2H3,(H,16,18)/b4-3+. The number of pyridine rings is 1. The number of nitrogens with one attached hydrogen (secondary N) is 1. The van der Waals surface area contributed by atoms with Gasteiger partial charge in [0.05, 0.1) is 5.69 Å². The Labute approximate surface area is 116 Å². The first-order valence-electron chi connectivity index (χ1n) is 6.18. The van der Waals surface area contributed by atoms with Gasteiger partial charge in [-0.15, -0.1) is 11.3 Å². The van der Waals surface area contributed by atoms with Crippen LogP contribution in [-0.2, 0) is 0 Å². The monoisotopic (exact) mass is 275 g/mol. The summed E-state index contributed by atoms with van der Waals surface area (Å²) in [5.74, 6) is -0.123. The van der Waals surface area contributed by atoms with Gasteiger partial charge < -0.3 is 11.1 Å². The lowest BCUT2D eigenvalue weighted by Gasteiger charge is -2.01. The molecule has 2 aromatic heterocycles. The second kappa shape index (κ2) is 5.84. The lowest BCUT2D eigenvalue weighted by molar-refractivity contribution is 0.0959. The molecule has 2 heterocycles. The Kier molecular flexibility index (Phi) is 4.16. The molecule has 0 aliphatic rings. The zero-order valence-corrected chi connectivity index (χ0v) is 11.9. The molecule has 19 heavy (non-hydrogen) atoms. The quantitative estimate of drug-likeness (QED) is 0.666. The number of anilines is 1. The van der Waals surface area contributed by atoms with Crippen LogP contribution in [0.4, 0.5) is 5.69 Å². The van der Waals surface area contributed by atoms with Crippen LogP contribution in [0.1, 0.15) is 28.7 Å². The molecular formula is C14H17N3OS. The molecule has 4 nitrogen and oxygen atoms in total. The third kappa shape index (κ3) is 2.93. The number of nitrogen functional groups attached to an aromatic ring is 1. The summed E-state index contributed by atoms with van der Waals surface area (Å²) in [5, 5.41) is 3.72. The van der Waals surface area contributed by atoms with E-state index in [1.54, 1.807) is 0 Å². The molecule has 0 spiro atoms. The highest BCUT2D eigenvalue weighted by molar-refractivity contribution is 7.21. The Bertz CT molecular complexity index is 631. The van der Waals surface area contributed by atoms with Crippen LogP contribution in [0.3, 0.4) is 0 Å². The molecule has 0 atom stereocenters. The predicted octanol–water partition coefficient (Wildman–Crippen LogP) is 2.88. The number of hydrogen-bond donors (Lipinski definition) is 2. The van der Waals surface area contributed by atoms with Crippen LogP contribution in [0.5, 0.6) is 0 Å². The van der Waals surface area contributed by atoms with Gasteiger partial charge in [0.25, 0.3) is 5.91 Å². The van der Waals surface area contributed by atoms with E-state index >= 15 is 0 Å². The molecule has 100 valence electrons.